The fraction of sp³-hybridized carbons (Fsp3) is 0.625. The smallest absolute Gasteiger partial charge is 0.0303 e. The van der Waals surface area contributed by atoms with E-state index in [9.17, 15) is 0 Å². The van der Waals surface area contributed by atoms with Crippen LogP contribution in [0.5, 0.6) is 0 Å². The van der Waals surface area contributed by atoms with Gasteiger partial charge in [-0.15, -0.1) is 0 Å². The van der Waals surface area contributed by atoms with Crippen LogP contribution in [0, 0.1) is 5.92 Å². The van der Waals surface area contributed by atoms with Crippen molar-refractivity contribution in [3.05, 3.63) is 34.3 Å². The number of nitrogens with one attached hydrogen (secondary N) is 1. The summed E-state index contributed by atoms with van der Waals surface area (Å²) in [5, 5.41) is 3.67. The van der Waals surface area contributed by atoms with Crippen molar-refractivity contribution >= 4 is 15.9 Å². The van der Waals surface area contributed by atoms with Crippen molar-refractivity contribution in [1.29, 1.82) is 0 Å². The first-order valence-electron chi connectivity index (χ1n) is 7.16. The number of benzene rings is 1. The molecule has 18 heavy (non-hydrogen) atoms. The first-order valence-corrected chi connectivity index (χ1v) is 7.96. The Hall–Kier alpha value is -0.340. The number of halogens is 1. The first-order chi connectivity index (χ1) is 8.69. The summed E-state index contributed by atoms with van der Waals surface area (Å²) in [6.07, 6.45) is 5.28. The molecule has 1 rings (SSSR count). The second kappa shape index (κ2) is 8.71. The summed E-state index contributed by atoms with van der Waals surface area (Å²) < 4.78 is 1.20. The van der Waals surface area contributed by atoms with Gasteiger partial charge in [0.15, 0.2) is 0 Å². The second-order valence-corrected chi connectivity index (χ2v) is 5.92. The van der Waals surface area contributed by atoms with Crippen molar-refractivity contribution in [2.45, 2.75) is 52.5 Å². The quantitative estimate of drug-likeness (QED) is 0.685. The van der Waals surface area contributed by atoms with Crippen molar-refractivity contribution in [2.75, 3.05) is 6.54 Å². The molecule has 0 saturated heterocycles. The number of unbranched alkanes of at least 4 members (excludes halogenated alkanes) is 1. The van der Waals surface area contributed by atoms with Gasteiger partial charge >= 0.3 is 0 Å². The average molecular weight is 312 g/mol. The van der Waals surface area contributed by atoms with E-state index >= 15 is 0 Å². The third-order valence-corrected chi connectivity index (χ3v) is 4.35. The van der Waals surface area contributed by atoms with Crippen molar-refractivity contribution in [3.8, 4) is 0 Å². The van der Waals surface area contributed by atoms with Crippen LogP contribution in [0.15, 0.2) is 28.7 Å². The van der Waals surface area contributed by atoms with Gasteiger partial charge in [-0.1, -0.05) is 67.2 Å². The minimum absolute atomic E-state index is 0.413. The largest absolute Gasteiger partial charge is 0.310 e. The van der Waals surface area contributed by atoms with Gasteiger partial charge in [-0.2, -0.15) is 0 Å². The predicted octanol–water partition coefficient (Wildman–Crippen LogP) is 5.32. The molecule has 0 fully saturated rings. The third-order valence-electron chi connectivity index (χ3n) is 3.63. The van der Waals surface area contributed by atoms with Gasteiger partial charge in [0.2, 0.25) is 0 Å². The average Bonchev–Trinajstić information content (AvgIpc) is 2.39. The standard InChI is InChI=1S/C16H26BrN/c1-4-6-9-14(5-2)12-18-13(3)15-10-7-8-11-16(15)17/h7-8,10-11,13-14,18H,4-6,9,12H2,1-3H3/t13-,14?/m0/s1. The molecule has 0 bridgehead atoms. The van der Waals surface area contributed by atoms with E-state index in [0.29, 0.717) is 6.04 Å². The van der Waals surface area contributed by atoms with Gasteiger partial charge in [0.05, 0.1) is 0 Å². The molecule has 0 spiro atoms. The lowest BCUT2D eigenvalue weighted by molar-refractivity contribution is 0.398. The second-order valence-electron chi connectivity index (χ2n) is 5.07. The number of hydrogen-bond acceptors (Lipinski definition) is 1. The summed E-state index contributed by atoms with van der Waals surface area (Å²) in [7, 11) is 0. The SMILES string of the molecule is CCCCC(CC)CN[C@@H](C)c1ccccc1Br. The lowest BCUT2D eigenvalue weighted by atomic mass is 9.98. The summed E-state index contributed by atoms with van der Waals surface area (Å²) >= 11 is 3.62. The van der Waals surface area contributed by atoms with Crippen molar-refractivity contribution in [1.82, 2.24) is 5.32 Å². The van der Waals surface area contributed by atoms with Crippen LogP contribution < -0.4 is 5.32 Å². The van der Waals surface area contributed by atoms with Crippen LogP contribution in [0.3, 0.4) is 0 Å². The van der Waals surface area contributed by atoms with Crippen LogP contribution in [0.2, 0.25) is 0 Å². The molecule has 1 aromatic carbocycles. The van der Waals surface area contributed by atoms with Gasteiger partial charge in [-0.05, 0) is 37.4 Å². The lowest BCUT2D eigenvalue weighted by Crippen LogP contribution is -2.25. The molecule has 0 amide bonds. The molecule has 1 nitrogen and oxygen atoms in total. The van der Waals surface area contributed by atoms with Crippen molar-refractivity contribution in [3.63, 3.8) is 0 Å². The molecular weight excluding hydrogens is 286 g/mol. The number of hydrogen-bond donors (Lipinski definition) is 1. The van der Waals surface area contributed by atoms with E-state index in [-0.39, 0.29) is 0 Å². The molecule has 0 aliphatic heterocycles. The summed E-state index contributed by atoms with van der Waals surface area (Å²) in [6, 6.07) is 8.89. The Bertz CT molecular complexity index is 338. The van der Waals surface area contributed by atoms with E-state index < -0.39 is 0 Å². The molecule has 0 aromatic heterocycles. The summed E-state index contributed by atoms with van der Waals surface area (Å²) in [5.41, 5.74) is 1.35. The van der Waals surface area contributed by atoms with Crippen LogP contribution in [0.1, 0.15) is 58.1 Å². The molecule has 0 aliphatic carbocycles. The van der Waals surface area contributed by atoms with Gasteiger partial charge in [0, 0.05) is 10.5 Å². The topological polar surface area (TPSA) is 12.0 Å². The van der Waals surface area contributed by atoms with Gasteiger partial charge in [0.25, 0.3) is 0 Å². The Labute approximate surface area is 120 Å². The van der Waals surface area contributed by atoms with Gasteiger partial charge < -0.3 is 5.32 Å². The molecule has 0 radical (unpaired) electrons. The van der Waals surface area contributed by atoms with E-state index in [1.54, 1.807) is 0 Å². The van der Waals surface area contributed by atoms with Crippen LogP contribution >= 0.6 is 15.9 Å². The highest BCUT2D eigenvalue weighted by molar-refractivity contribution is 9.10. The highest BCUT2D eigenvalue weighted by Crippen LogP contribution is 2.23. The van der Waals surface area contributed by atoms with E-state index in [1.165, 1.54) is 35.7 Å². The maximum Gasteiger partial charge on any atom is 0.0303 e. The zero-order valence-corrected chi connectivity index (χ0v) is 13.5. The molecule has 0 heterocycles. The monoisotopic (exact) mass is 311 g/mol. The molecule has 0 saturated carbocycles. The zero-order chi connectivity index (χ0) is 13.4. The van der Waals surface area contributed by atoms with E-state index in [1.807, 2.05) is 0 Å². The summed E-state index contributed by atoms with van der Waals surface area (Å²) in [4.78, 5) is 0. The highest BCUT2D eigenvalue weighted by atomic mass is 79.9. The first kappa shape index (κ1) is 15.7. The van der Waals surface area contributed by atoms with Gasteiger partial charge in [-0.25, -0.2) is 0 Å². The van der Waals surface area contributed by atoms with Crippen LogP contribution in [-0.2, 0) is 0 Å². The Morgan fingerprint density at radius 3 is 2.56 bits per heavy atom. The Kier molecular flexibility index (Phi) is 7.60. The Balaban J connectivity index is 2.44. The predicted molar refractivity (Wildman–Crippen MR) is 83.9 cm³/mol. The third kappa shape index (κ3) is 5.11. The minimum atomic E-state index is 0.413. The van der Waals surface area contributed by atoms with E-state index in [0.717, 1.165) is 12.5 Å². The maximum absolute atomic E-state index is 3.67. The molecular formula is C16H26BrN. The lowest BCUT2D eigenvalue weighted by Gasteiger charge is -2.20. The van der Waals surface area contributed by atoms with E-state index in [2.05, 4.69) is 66.3 Å². The summed E-state index contributed by atoms with van der Waals surface area (Å²) in [5.74, 6) is 0.815. The normalized spacial score (nSPS) is 14.4. The fourth-order valence-corrected chi connectivity index (χ4v) is 2.85. The zero-order valence-electron chi connectivity index (χ0n) is 11.9. The maximum atomic E-state index is 3.67. The van der Waals surface area contributed by atoms with E-state index in [4.69, 9.17) is 0 Å². The molecule has 102 valence electrons. The molecule has 2 atom stereocenters. The molecule has 1 N–H and O–H groups in total. The molecule has 1 aromatic rings. The van der Waals surface area contributed by atoms with Gasteiger partial charge in [0.1, 0.15) is 0 Å². The molecule has 2 heteroatoms. The Morgan fingerprint density at radius 1 is 1.22 bits per heavy atom. The molecule has 0 aliphatic rings. The summed E-state index contributed by atoms with van der Waals surface area (Å²) in [6.45, 7) is 7.93. The fourth-order valence-electron chi connectivity index (χ4n) is 2.22. The van der Waals surface area contributed by atoms with Crippen LogP contribution in [-0.4, -0.2) is 6.54 Å². The number of rotatable bonds is 8. The van der Waals surface area contributed by atoms with Crippen LogP contribution in [0.4, 0.5) is 0 Å². The van der Waals surface area contributed by atoms with Crippen molar-refractivity contribution in [2.24, 2.45) is 5.92 Å². The van der Waals surface area contributed by atoms with Crippen molar-refractivity contribution < 1.29 is 0 Å². The van der Waals surface area contributed by atoms with Crippen LogP contribution in [0.25, 0.3) is 0 Å². The molecule has 1 unspecified atom stereocenters. The highest BCUT2D eigenvalue weighted by Gasteiger charge is 2.11. The van der Waals surface area contributed by atoms with Gasteiger partial charge in [-0.3, -0.25) is 0 Å². The Morgan fingerprint density at radius 2 is 1.94 bits per heavy atom. The minimum Gasteiger partial charge on any atom is -0.310 e.